The molecule has 0 aliphatic carbocycles. The van der Waals surface area contributed by atoms with Crippen LogP contribution in [0.1, 0.15) is 43.4 Å². The smallest absolute Gasteiger partial charge is 0.250 e. The number of rotatable bonds is 8. The number of benzene rings is 2. The van der Waals surface area contributed by atoms with E-state index in [4.69, 9.17) is 0 Å². The molecule has 0 saturated carbocycles. The fourth-order valence-corrected chi connectivity index (χ4v) is 3.74. The van der Waals surface area contributed by atoms with E-state index in [0.717, 1.165) is 24.0 Å². The Balaban J connectivity index is 1.71. The molecule has 6 nitrogen and oxygen atoms in total. The predicted molar refractivity (Wildman–Crippen MR) is 115 cm³/mol. The van der Waals surface area contributed by atoms with Crippen LogP contribution in [0.3, 0.4) is 0 Å². The van der Waals surface area contributed by atoms with Crippen molar-refractivity contribution in [1.82, 2.24) is 15.1 Å². The second kappa shape index (κ2) is 10.7. The number of likely N-dealkylation sites (N-methyl/N-ethyl adjacent to an activating group) is 1. The van der Waals surface area contributed by atoms with Gasteiger partial charge in [-0.15, -0.1) is 0 Å². The molecule has 0 radical (unpaired) electrons. The molecule has 1 N–H and O–H groups in total. The van der Waals surface area contributed by atoms with E-state index in [-0.39, 0.29) is 36.6 Å². The maximum atomic E-state index is 13.5. The molecule has 1 aliphatic rings. The summed E-state index contributed by atoms with van der Waals surface area (Å²) in [5.74, 6) is -0.945. The first-order chi connectivity index (χ1) is 15.0. The van der Waals surface area contributed by atoms with Gasteiger partial charge in [-0.05, 0) is 43.0 Å². The van der Waals surface area contributed by atoms with Gasteiger partial charge in [0.25, 0.3) is 0 Å². The van der Waals surface area contributed by atoms with Gasteiger partial charge in [-0.25, -0.2) is 4.39 Å². The number of hydrogen-bond donors (Lipinski definition) is 1. The number of carbonyl (C=O) groups excluding carboxylic acids is 3. The van der Waals surface area contributed by atoms with Gasteiger partial charge < -0.3 is 15.1 Å². The van der Waals surface area contributed by atoms with E-state index in [1.54, 1.807) is 17.0 Å². The third kappa shape index (κ3) is 5.90. The minimum atomic E-state index is -0.737. The number of hydrogen-bond acceptors (Lipinski definition) is 3. The molecule has 3 rings (SSSR count). The highest BCUT2D eigenvalue weighted by molar-refractivity contribution is 5.91. The van der Waals surface area contributed by atoms with Crippen LogP contribution in [0.5, 0.6) is 0 Å². The molecule has 1 unspecified atom stereocenters. The zero-order valence-electron chi connectivity index (χ0n) is 17.7. The average Bonchev–Trinajstić information content (AvgIpc) is 2.79. The lowest BCUT2D eigenvalue weighted by Gasteiger charge is -2.36. The van der Waals surface area contributed by atoms with Crippen LogP contribution in [0.4, 0.5) is 4.39 Å². The minimum Gasteiger partial charge on any atom is -0.350 e. The molecule has 1 fully saturated rings. The number of nitrogens with zero attached hydrogens (tertiary/aromatic N) is 2. The molecule has 164 valence electrons. The van der Waals surface area contributed by atoms with Gasteiger partial charge in [-0.3, -0.25) is 14.4 Å². The predicted octanol–water partition coefficient (Wildman–Crippen LogP) is 3.04. The van der Waals surface area contributed by atoms with E-state index in [1.807, 2.05) is 37.3 Å². The molecule has 1 heterocycles. The Morgan fingerprint density at radius 1 is 1.10 bits per heavy atom. The summed E-state index contributed by atoms with van der Waals surface area (Å²) in [6.07, 6.45) is 2.11. The number of carbonyl (C=O) groups is 3. The number of halogens is 1. The summed E-state index contributed by atoms with van der Waals surface area (Å²) >= 11 is 0. The van der Waals surface area contributed by atoms with Gasteiger partial charge in [0, 0.05) is 26.1 Å². The summed E-state index contributed by atoms with van der Waals surface area (Å²) in [7, 11) is 0. The van der Waals surface area contributed by atoms with Gasteiger partial charge in [0.2, 0.25) is 17.7 Å². The van der Waals surface area contributed by atoms with Crippen molar-refractivity contribution in [3.8, 4) is 0 Å². The third-order valence-electron chi connectivity index (χ3n) is 5.45. The average molecular weight is 426 g/mol. The summed E-state index contributed by atoms with van der Waals surface area (Å²) < 4.78 is 13.0. The summed E-state index contributed by atoms with van der Waals surface area (Å²) in [5, 5.41) is 2.77. The van der Waals surface area contributed by atoms with Gasteiger partial charge in [0.05, 0.1) is 6.54 Å². The third-order valence-corrected chi connectivity index (χ3v) is 5.45. The Bertz CT molecular complexity index is 902. The molecule has 1 aliphatic heterocycles. The van der Waals surface area contributed by atoms with Gasteiger partial charge in [0.15, 0.2) is 0 Å². The first-order valence-corrected chi connectivity index (χ1v) is 10.6. The van der Waals surface area contributed by atoms with E-state index in [0.29, 0.717) is 19.5 Å². The Kier molecular flexibility index (Phi) is 7.76. The van der Waals surface area contributed by atoms with Crippen molar-refractivity contribution in [2.75, 3.05) is 19.6 Å². The molecule has 2 aromatic rings. The topological polar surface area (TPSA) is 69.7 Å². The Labute approximate surface area is 182 Å². The van der Waals surface area contributed by atoms with Gasteiger partial charge >= 0.3 is 0 Å². The molecule has 0 bridgehead atoms. The lowest BCUT2D eigenvalue weighted by atomic mass is 10.00. The van der Waals surface area contributed by atoms with Gasteiger partial charge in [0.1, 0.15) is 11.9 Å². The van der Waals surface area contributed by atoms with Gasteiger partial charge in [-0.2, -0.15) is 0 Å². The van der Waals surface area contributed by atoms with Crippen LogP contribution in [-0.4, -0.2) is 47.2 Å². The molecule has 31 heavy (non-hydrogen) atoms. The van der Waals surface area contributed by atoms with Crippen molar-refractivity contribution in [2.45, 2.75) is 38.8 Å². The van der Waals surface area contributed by atoms with Crippen molar-refractivity contribution in [1.29, 1.82) is 0 Å². The normalized spacial score (nSPS) is 14.8. The molecular formula is C24H28FN3O3. The van der Waals surface area contributed by atoms with Crippen LogP contribution in [-0.2, 0) is 20.9 Å². The Hall–Kier alpha value is -3.22. The highest BCUT2D eigenvalue weighted by Gasteiger charge is 2.35. The SMILES string of the molecule is CCN(CC(=O)NCc1ccc(F)cc1)C(=O)C(c1ccccc1)N1CCCCC1=O. The monoisotopic (exact) mass is 425 g/mol. The lowest BCUT2D eigenvalue weighted by Crippen LogP contribution is -2.49. The molecular weight excluding hydrogens is 397 g/mol. The maximum absolute atomic E-state index is 13.5. The molecule has 7 heteroatoms. The number of amides is 3. The second-order valence-electron chi connectivity index (χ2n) is 7.61. The highest BCUT2D eigenvalue weighted by Crippen LogP contribution is 2.27. The number of likely N-dealkylation sites (tertiary alicyclic amines) is 1. The summed E-state index contributed by atoms with van der Waals surface area (Å²) in [5.41, 5.74) is 1.51. The first kappa shape index (κ1) is 22.5. The van der Waals surface area contributed by atoms with Crippen LogP contribution < -0.4 is 5.32 Å². The van der Waals surface area contributed by atoms with E-state index >= 15 is 0 Å². The lowest BCUT2D eigenvalue weighted by molar-refractivity contribution is -0.148. The van der Waals surface area contributed by atoms with Crippen molar-refractivity contribution in [3.63, 3.8) is 0 Å². The standard InChI is InChI=1S/C24H28FN3O3/c1-2-27(17-21(29)26-16-18-11-13-20(25)14-12-18)24(31)23(19-8-4-3-5-9-19)28-15-7-6-10-22(28)30/h3-5,8-9,11-14,23H,2,6-7,10,15-17H2,1H3,(H,26,29). The van der Waals surface area contributed by atoms with E-state index in [1.165, 1.54) is 17.0 Å². The Morgan fingerprint density at radius 2 is 1.81 bits per heavy atom. The number of piperidine rings is 1. The fourth-order valence-electron chi connectivity index (χ4n) is 3.74. The minimum absolute atomic E-state index is 0.0368. The quantitative estimate of drug-likeness (QED) is 0.707. The van der Waals surface area contributed by atoms with Crippen molar-refractivity contribution >= 4 is 17.7 Å². The zero-order valence-corrected chi connectivity index (χ0v) is 17.7. The second-order valence-corrected chi connectivity index (χ2v) is 7.61. The first-order valence-electron chi connectivity index (χ1n) is 10.6. The number of nitrogens with one attached hydrogen (secondary N) is 1. The molecule has 0 spiro atoms. The van der Waals surface area contributed by atoms with Gasteiger partial charge in [-0.1, -0.05) is 42.5 Å². The summed E-state index contributed by atoms with van der Waals surface area (Å²) in [6.45, 7) is 2.82. The van der Waals surface area contributed by atoms with Crippen LogP contribution >= 0.6 is 0 Å². The molecule has 2 aromatic carbocycles. The molecule has 0 aromatic heterocycles. The summed E-state index contributed by atoms with van der Waals surface area (Å²) in [4.78, 5) is 41.7. The van der Waals surface area contributed by atoms with E-state index < -0.39 is 6.04 Å². The maximum Gasteiger partial charge on any atom is 0.250 e. The largest absolute Gasteiger partial charge is 0.350 e. The fraction of sp³-hybridized carbons (Fsp3) is 0.375. The van der Waals surface area contributed by atoms with Crippen molar-refractivity contribution < 1.29 is 18.8 Å². The zero-order chi connectivity index (χ0) is 22.2. The highest BCUT2D eigenvalue weighted by atomic mass is 19.1. The molecule has 3 amide bonds. The molecule has 1 saturated heterocycles. The van der Waals surface area contributed by atoms with Crippen LogP contribution in [0.2, 0.25) is 0 Å². The Morgan fingerprint density at radius 3 is 2.45 bits per heavy atom. The summed E-state index contributed by atoms with van der Waals surface area (Å²) in [6, 6.07) is 14.4. The van der Waals surface area contributed by atoms with Crippen LogP contribution in [0.25, 0.3) is 0 Å². The van der Waals surface area contributed by atoms with Crippen LogP contribution in [0.15, 0.2) is 54.6 Å². The van der Waals surface area contributed by atoms with Crippen molar-refractivity contribution in [2.24, 2.45) is 0 Å². The molecule has 1 atom stereocenters. The van der Waals surface area contributed by atoms with E-state index in [2.05, 4.69) is 5.32 Å². The van der Waals surface area contributed by atoms with Crippen LogP contribution in [0, 0.1) is 5.82 Å². The van der Waals surface area contributed by atoms with E-state index in [9.17, 15) is 18.8 Å². The van der Waals surface area contributed by atoms with Crippen molar-refractivity contribution in [3.05, 3.63) is 71.5 Å².